The van der Waals surface area contributed by atoms with Crippen molar-refractivity contribution in [3.05, 3.63) is 46.9 Å². The van der Waals surface area contributed by atoms with Crippen LogP contribution in [-0.4, -0.2) is 42.3 Å². The van der Waals surface area contributed by atoms with Crippen LogP contribution < -0.4 is 4.74 Å². The molecular formula is C19H17NO5S. The van der Waals surface area contributed by atoms with Crippen LogP contribution in [0.2, 0.25) is 0 Å². The maximum absolute atomic E-state index is 12.6. The Labute approximate surface area is 154 Å². The molecular weight excluding hydrogens is 354 g/mol. The minimum Gasteiger partial charge on any atom is -0.496 e. The van der Waals surface area contributed by atoms with E-state index in [0.717, 1.165) is 27.4 Å². The predicted molar refractivity (Wildman–Crippen MR) is 99.8 cm³/mol. The van der Waals surface area contributed by atoms with Crippen molar-refractivity contribution in [1.82, 2.24) is 4.90 Å². The second kappa shape index (κ2) is 7.61. The van der Waals surface area contributed by atoms with Crippen LogP contribution in [0.15, 0.2) is 41.3 Å². The summed E-state index contributed by atoms with van der Waals surface area (Å²) < 4.78 is 10.2. The fraction of sp³-hybridized carbons (Fsp3) is 0.211. The highest BCUT2D eigenvalue weighted by atomic mass is 32.2. The van der Waals surface area contributed by atoms with Crippen molar-refractivity contribution in [2.24, 2.45) is 0 Å². The number of ether oxygens (including phenoxy) is 2. The maximum atomic E-state index is 12.6. The molecule has 1 aliphatic heterocycles. The number of nitrogens with zero attached hydrogens (tertiary/aromatic N) is 1. The van der Waals surface area contributed by atoms with Gasteiger partial charge in [0, 0.05) is 5.56 Å². The predicted octanol–water partition coefficient (Wildman–Crippen LogP) is 3.45. The summed E-state index contributed by atoms with van der Waals surface area (Å²) in [6, 6.07) is 11.4. The summed E-state index contributed by atoms with van der Waals surface area (Å²) in [7, 11) is 1.55. The van der Waals surface area contributed by atoms with E-state index in [2.05, 4.69) is 0 Å². The zero-order valence-electron chi connectivity index (χ0n) is 14.4. The summed E-state index contributed by atoms with van der Waals surface area (Å²) in [5, 5.41) is 1.41. The van der Waals surface area contributed by atoms with E-state index in [1.165, 1.54) is 0 Å². The largest absolute Gasteiger partial charge is 0.496 e. The van der Waals surface area contributed by atoms with E-state index in [-0.39, 0.29) is 18.1 Å². The van der Waals surface area contributed by atoms with E-state index in [1.54, 1.807) is 20.1 Å². The Morgan fingerprint density at radius 2 is 1.96 bits per heavy atom. The topological polar surface area (TPSA) is 72.9 Å². The molecule has 7 heteroatoms. The van der Waals surface area contributed by atoms with Crippen LogP contribution in [0.5, 0.6) is 5.75 Å². The third-order valence-corrected chi connectivity index (χ3v) is 4.80. The smallest absolute Gasteiger partial charge is 0.326 e. The molecule has 26 heavy (non-hydrogen) atoms. The van der Waals surface area contributed by atoms with Crippen molar-refractivity contribution < 1.29 is 23.9 Å². The SMILES string of the molecule is CCOC(=O)CN1C(=O)SC(=Cc2c(OC)ccc3ccccc23)C1=O. The summed E-state index contributed by atoms with van der Waals surface area (Å²) in [6.45, 7) is 1.47. The van der Waals surface area contributed by atoms with Gasteiger partial charge in [0.1, 0.15) is 12.3 Å². The number of carbonyl (C=O) groups excluding carboxylic acids is 3. The van der Waals surface area contributed by atoms with E-state index < -0.39 is 17.1 Å². The van der Waals surface area contributed by atoms with Crippen molar-refractivity contribution in [3.63, 3.8) is 0 Å². The molecule has 0 radical (unpaired) electrons. The summed E-state index contributed by atoms with van der Waals surface area (Å²) >= 11 is 0.800. The number of imide groups is 1. The molecule has 6 nitrogen and oxygen atoms in total. The Kier molecular flexibility index (Phi) is 5.27. The van der Waals surface area contributed by atoms with E-state index >= 15 is 0 Å². The molecule has 1 heterocycles. The molecule has 134 valence electrons. The Bertz CT molecular complexity index is 921. The van der Waals surface area contributed by atoms with E-state index in [9.17, 15) is 14.4 Å². The van der Waals surface area contributed by atoms with Crippen molar-refractivity contribution in [2.45, 2.75) is 6.92 Å². The van der Waals surface area contributed by atoms with Gasteiger partial charge in [0.25, 0.3) is 11.1 Å². The van der Waals surface area contributed by atoms with Crippen LogP contribution in [0.3, 0.4) is 0 Å². The first kappa shape index (κ1) is 18.0. The number of thioether (sulfide) groups is 1. The van der Waals surface area contributed by atoms with Crippen LogP contribution in [0.25, 0.3) is 16.8 Å². The van der Waals surface area contributed by atoms with Crippen LogP contribution in [0.4, 0.5) is 4.79 Å². The summed E-state index contributed by atoms with van der Waals surface area (Å²) in [5.74, 6) is -0.525. The fourth-order valence-corrected chi connectivity index (χ4v) is 3.53. The molecule has 0 spiro atoms. The first-order chi connectivity index (χ1) is 12.5. The van der Waals surface area contributed by atoms with Crippen molar-refractivity contribution in [2.75, 3.05) is 20.3 Å². The van der Waals surface area contributed by atoms with Gasteiger partial charge in [-0.25, -0.2) is 0 Å². The lowest BCUT2D eigenvalue weighted by Gasteiger charge is -2.11. The number of esters is 1. The van der Waals surface area contributed by atoms with Gasteiger partial charge < -0.3 is 9.47 Å². The van der Waals surface area contributed by atoms with Crippen LogP contribution in [0.1, 0.15) is 12.5 Å². The Morgan fingerprint density at radius 1 is 1.19 bits per heavy atom. The number of methoxy groups -OCH3 is 1. The van der Waals surface area contributed by atoms with Crippen molar-refractivity contribution in [3.8, 4) is 5.75 Å². The average Bonchev–Trinajstić information content (AvgIpc) is 2.89. The molecule has 0 aromatic heterocycles. The molecule has 2 amide bonds. The maximum Gasteiger partial charge on any atom is 0.326 e. The molecule has 1 fully saturated rings. The van der Waals surface area contributed by atoms with Gasteiger partial charge in [-0.05, 0) is 41.6 Å². The minimum atomic E-state index is -0.612. The van der Waals surface area contributed by atoms with Gasteiger partial charge in [0.15, 0.2) is 0 Å². The highest BCUT2D eigenvalue weighted by Crippen LogP contribution is 2.36. The molecule has 0 bridgehead atoms. The fourth-order valence-electron chi connectivity index (χ4n) is 2.71. The molecule has 1 saturated heterocycles. The molecule has 1 aliphatic rings. The summed E-state index contributed by atoms with van der Waals surface area (Å²) in [4.78, 5) is 37.4. The number of carbonyl (C=O) groups is 3. The van der Waals surface area contributed by atoms with Gasteiger partial charge >= 0.3 is 5.97 Å². The van der Waals surface area contributed by atoms with E-state index in [0.29, 0.717) is 11.3 Å². The zero-order valence-corrected chi connectivity index (χ0v) is 15.2. The molecule has 0 aliphatic carbocycles. The third-order valence-electron chi connectivity index (χ3n) is 3.89. The quantitative estimate of drug-likeness (QED) is 0.592. The number of fused-ring (bicyclic) bond motifs is 1. The Balaban J connectivity index is 1.98. The standard InChI is InChI=1S/C19H17NO5S/c1-3-25-17(21)11-20-18(22)16(26-19(20)23)10-14-13-7-5-4-6-12(13)8-9-15(14)24-2/h4-10H,3,11H2,1-2H3. The van der Waals surface area contributed by atoms with Crippen LogP contribution >= 0.6 is 11.8 Å². The van der Waals surface area contributed by atoms with Crippen molar-refractivity contribution >= 4 is 45.7 Å². The number of rotatable bonds is 5. The third kappa shape index (κ3) is 3.43. The molecule has 3 rings (SSSR count). The lowest BCUT2D eigenvalue weighted by molar-refractivity contribution is -0.145. The normalized spacial score (nSPS) is 15.8. The highest BCUT2D eigenvalue weighted by molar-refractivity contribution is 8.18. The Hall–Kier alpha value is -2.80. The van der Waals surface area contributed by atoms with Crippen molar-refractivity contribution in [1.29, 1.82) is 0 Å². The van der Waals surface area contributed by atoms with Gasteiger partial charge in [-0.1, -0.05) is 30.3 Å². The van der Waals surface area contributed by atoms with Crippen LogP contribution in [0, 0.1) is 0 Å². The summed E-state index contributed by atoms with van der Waals surface area (Å²) in [5.41, 5.74) is 0.715. The van der Waals surface area contributed by atoms with Gasteiger partial charge in [0.05, 0.1) is 18.6 Å². The first-order valence-corrected chi connectivity index (χ1v) is 8.83. The first-order valence-electron chi connectivity index (χ1n) is 8.02. The number of amides is 2. The molecule has 0 saturated carbocycles. The van der Waals surface area contributed by atoms with E-state index in [4.69, 9.17) is 9.47 Å². The molecule has 0 N–H and O–H groups in total. The lowest BCUT2D eigenvalue weighted by atomic mass is 10.0. The average molecular weight is 371 g/mol. The second-order valence-corrected chi connectivity index (χ2v) is 6.47. The van der Waals surface area contributed by atoms with Gasteiger partial charge in [-0.2, -0.15) is 0 Å². The van der Waals surface area contributed by atoms with E-state index in [1.807, 2.05) is 36.4 Å². The molecule has 0 unspecified atom stereocenters. The number of hydrogen-bond donors (Lipinski definition) is 0. The second-order valence-electron chi connectivity index (χ2n) is 5.48. The zero-order chi connectivity index (χ0) is 18.7. The van der Waals surface area contributed by atoms with Crippen LogP contribution in [-0.2, 0) is 14.3 Å². The molecule has 0 atom stereocenters. The lowest BCUT2D eigenvalue weighted by Crippen LogP contribution is -2.34. The van der Waals surface area contributed by atoms with Gasteiger partial charge in [-0.15, -0.1) is 0 Å². The number of benzene rings is 2. The highest BCUT2D eigenvalue weighted by Gasteiger charge is 2.36. The van der Waals surface area contributed by atoms with Gasteiger partial charge in [0.2, 0.25) is 0 Å². The minimum absolute atomic E-state index is 0.193. The molecule has 2 aromatic carbocycles. The molecule has 2 aromatic rings. The number of hydrogen-bond acceptors (Lipinski definition) is 6. The van der Waals surface area contributed by atoms with Gasteiger partial charge in [-0.3, -0.25) is 19.3 Å². The summed E-state index contributed by atoms with van der Waals surface area (Å²) in [6.07, 6.45) is 1.64. The monoisotopic (exact) mass is 371 g/mol. The Morgan fingerprint density at radius 3 is 2.69 bits per heavy atom.